The second kappa shape index (κ2) is 5.82. The summed E-state index contributed by atoms with van der Waals surface area (Å²) in [5.41, 5.74) is 0.0663. The average Bonchev–Trinajstić information content (AvgIpc) is 3.21. The third-order valence-electron chi connectivity index (χ3n) is 4.78. The molecule has 1 saturated heterocycles. The van der Waals surface area contributed by atoms with Gasteiger partial charge < -0.3 is 14.6 Å². The van der Waals surface area contributed by atoms with Crippen LogP contribution < -0.4 is 5.32 Å². The summed E-state index contributed by atoms with van der Waals surface area (Å²) in [7, 11) is 0. The Morgan fingerprint density at radius 3 is 2.70 bits per heavy atom. The van der Waals surface area contributed by atoms with Crippen molar-refractivity contribution < 1.29 is 9.26 Å². The van der Waals surface area contributed by atoms with Crippen LogP contribution in [-0.4, -0.2) is 29.8 Å². The van der Waals surface area contributed by atoms with Crippen LogP contribution in [0, 0.1) is 5.92 Å². The summed E-state index contributed by atoms with van der Waals surface area (Å²) in [6.07, 6.45) is 5.68. The molecule has 5 nitrogen and oxygen atoms in total. The molecule has 1 N–H and O–H groups in total. The molecule has 1 atom stereocenters. The zero-order valence-corrected chi connectivity index (χ0v) is 12.5. The van der Waals surface area contributed by atoms with Crippen molar-refractivity contribution in [3.63, 3.8) is 0 Å². The summed E-state index contributed by atoms with van der Waals surface area (Å²) in [5.74, 6) is 2.17. The molecule has 2 heterocycles. The summed E-state index contributed by atoms with van der Waals surface area (Å²) in [6.45, 7) is 7.01. The number of nitrogens with zero attached hydrogens (tertiary/aromatic N) is 2. The average molecular weight is 279 g/mol. The molecule has 1 unspecified atom stereocenters. The van der Waals surface area contributed by atoms with Gasteiger partial charge in [-0.05, 0) is 58.0 Å². The van der Waals surface area contributed by atoms with Crippen molar-refractivity contribution >= 4 is 0 Å². The lowest BCUT2D eigenvalue weighted by atomic mass is 9.76. The van der Waals surface area contributed by atoms with Gasteiger partial charge in [-0.15, -0.1) is 0 Å². The Bertz CT molecular complexity index is 436. The van der Waals surface area contributed by atoms with E-state index < -0.39 is 0 Å². The molecule has 0 aromatic carbocycles. The minimum Gasteiger partial charge on any atom is -0.370 e. The van der Waals surface area contributed by atoms with Gasteiger partial charge in [0.1, 0.15) is 6.10 Å². The van der Waals surface area contributed by atoms with Crippen molar-refractivity contribution in [1.29, 1.82) is 0 Å². The minimum atomic E-state index is 0.0353. The number of hydrogen-bond donors (Lipinski definition) is 1. The first-order valence-electron chi connectivity index (χ1n) is 7.95. The lowest BCUT2D eigenvalue weighted by molar-refractivity contribution is 0.0384. The first kappa shape index (κ1) is 14.0. The molecule has 0 bridgehead atoms. The number of rotatable bonds is 6. The molecule has 1 aromatic heterocycles. The van der Waals surface area contributed by atoms with E-state index >= 15 is 0 Å². The Kier molecular flexibility index (Phi) is 4.08. The Morgan fingerprint density at radius 1 is 1.35 bits per heavy atom. The van der Waals surface area contributed by atoms with E-state index in [0.29, 0.717) is 12.5 Å². The second-order valence-electron chi connectivity index (χ2n) is 6.05. The maximum Gasteiger partial charge on any atom is 0.233 e. The highest BCUT2D eigenvalue weighted by Crippen LogP contribution is 2.43. The summed E-state index contributed by atoms with van der Waals surface area (Å²) < 4.78 is 11.5. The smallest absolute Gasteiger partial charge is 0.233 e. The van der Waals surface area contributed by atoms with Gasteiger partial charge in [-0.2, -0.15) is 4.98 Å². The van der Waals surface area contributed by atoms with Crippen molar-refractivity contribution in [2.75, 3.05) is 19.7 Å². The number of piperidine rings is 1. The molecule has 2 aliphatic rings. The number of aromatic nitrogens is 2. The number of ether oxygens (including phenoxy) is 1. The molecule has 5 heteroatoms. The topological polar surface area (TPSA) is 60.2 Å². The van der Waals surface area contributed by atoms with E-state index in [0.717, 1.165) is 44.1 Å². The largest absolute Gasteiger partial charge is 0.370 e. The van der Waals surface area contributed by atoms with Crippen LogP contribution in [0.1, 0.15) is 63.8 Å². The quantitative estimate of drug-likeness (QED) is 0.867. The van der Waals surface area contributed by atoms with E-state index in [1.54, 1.807) is 0 Å². The van der Waals surface area contributed by atoms with Gasteiger partial charge in [0.2, 0.25) is 11.7 Å². The van der Waals surface area contributed by atoms with Crippen LogP contribution >= 0.6 is 0 Å². The van der Waals surface area contributed by atoms with Gasteiger partial charge in [0.15, 0.2) is 0 Å². The Morgan fingerprint density at radius 2 is 2.10 bits per heavy atom. The molecule has 1 aromatic rings. The Labute approximate surface area is 120 Å². The van der Waals surface area contributed by atoms with Crippen molar-refractivity contribution in [3.05, 3.63) is 11.7 Å². The fraction of sp³-hybridized carbons (Fsp3) is 0.867. The molecule has 1 saturated carbocycles. The SMILES string of the molecule is CCOC(c1noc(C2(CC)CCNCC2)n1)C1CC1. The first-order valence-corrected chi connectivity index (χ1v) is 7.95. The first-order chi connectivity index (χ1) is 9.79. The molecule has 0 amide bonds. The van der Waals surface area contributed by atoms with Crippen molar-refractivity contribution in [2.24, 2.45) is 5.92 Å². The van der Waals surface area contributed by atoms with Crippen LogP contribution in [0.15, 0.2) is 4.52 Å². The molecular formula is C15H25N3O2. The highest BCUT2D eigenvalue weighted by molar-refractivity contribution is 5.09. The lowest BCUT2D eigenvalue weighted by Gasteiger charge is -2.33. The zero-order valence-electron chi connectivity index (χ0n) is 12.5. The van der Waals surface area contributed by atoms with Gasteiger partial charge in [-0.25, -0.2) is 0 Å². The van der Waals surface area contributed by atoms with Crippen molar-refractivity contribution in [2.45, 2.75) is 57.5 Å². The maximum atomic E-state index is 5.82. The Hall–Kier alpha value is -0.940. The molecule has 20 heavy (non-hydrogen) atoms. The third kappa shape index (κ3) is 2.61. The van der Waals surface area contributed by atoms with Crippen LogP contribution in [0.4, 0.5) is 0 Å². The fourth-order valence-corrected chi connectivity index (χ4v) is 3.19. The molecule has 112 valence electrons. The van der Waals surface area contributed by atoms with E-state index in [2.05, 4.69) is 17.4 Å². The van der Waals surface area contributed by atoms with E-state index in [4.69, 9.17) is 14.2 Å². The molecule has 0 spiro atoms. The van der Waals surface area contributed by atoms with Gasteiger partial charge >= 0.3 is 0 Å². The summed E-state index contributed by atoms with van der Waals surface area (Å²) >= 11 is 0. The summed E-state index contributed by atoms with van der Waals surface area (Å²) in [4.78, 5) is 4.73. The molecular weight excluding hydrogens is 254 g/mol. The standard InChI is InChI=1S/C15H25N3O2/c1-3-15(7-9-16-10-8-15)14-17-13(18-20-14)12(19-4-2)11-5-6-11/h11-12,16H,3-10H2,1-2H3. The summed E-state index contributed by atoms with van der Waals surface area (Å²) in [6, 6.07) is 0. The Balaban J connectivity index is 1.80. The number of nitrogens with one attached hydrogen (secondary N) is 1. The second-order valence-corrected chi connectivity index (χ2v) is 6.05. The van der Waals surface area contributed by atoms with Crippen molar-refractivity contribution in [3.8, 4) is 0 Å². The van der Waals surface area contributed by atoms with Crippen LogP contribution in [0.3, 0.4) is 0 Å². The van der Waals surface area contributed by atoms with Crippen LogP contribution in [0.25, 0.3) is 0 Å². The van der Waals surface area contributed by atoms with E-state index in [1.165, 1.54) is 12.8 Å². The van der Waals surface area contributed by atoms with Crippen LogP contribution in [0.5, 0.6) is 0 Å². The monoisotopic (exact) mass is 279 g/mol. The van der Waals surface area contributed by atoms with Gasteiger partial charge in [-0.1, -0.05) is 12.1 Å². The van der Waals surface area contributed by atoms with Crippen molar-refractivity contribution in [1.82, 2.24) is 15.5 Å². The maximum absolute atomic E-state index is 5.82. The molecule has 1 aliphatic heterocycles. The van der Waals surface area contributed by atoms with E-state index in [1.807, 2.05) is 6.92 Å². The normalized spacial score (nSPS) is 23.7. The molecule has 2 fully saturated rings. The van der Waals surface area contributed by atoms with Gasteiger partial charge in [0.05, 0.1) is 5.41 Å². The molecule has 1 aliphatic carbocycles. The molecule has 3 rings (SSSR count). The third-order valence-corrected chi connectivity index (χ3v) is 4.78. The number of hydrogen-bond acceptors (Lipinski definition) is 5. The van der Waals surface area contributed by atoms with E-state index in [-0.39, 0.29) is 11.5 Å². The zero-order chi connectivity index (χ0) is 14.0. The van der Waals surface area contributed by atoms with Gasteiger partial charge in [0, 0.05) is 6.61 Å². The van der Waals surface area contributed by atoms with Gasteiger partial charge in [0.25, 0.3) is 0 Å². The van der Waals surface area contributed by atoms with Gasteiger partial charge in [-0.3, -0.25) is 0 Å². The molecule has 0 radical (unpaired) electrons. The van der Waals surface area contributed by atoms with Crippen LogP contribution in [0.2, 0.25) is 0 Å². The van der Waals surface area contributed by atoms with E-state index in [9.17, 15) is 0 Å². The fourth-order valence-electron chi connectivity index (χ4n) is 3.19. The lowest BCUT2D eigenvalue weighted by Crippen LogP contribution is -2.39. The highest BCUT2D eigenvalue weighted by Gasteiger charge is 2.40. The van der Waals surface area contributed by atoms with Crippen LogP contribution in [-0.2, 0) is 10.2 Å². The minimum absolute atomic E-state index is 0.0353. The predicted octanol–water partition coefficient (Wildman–Crippen LogP) is 2.59. The predicted molar refractivity (Wildman–Crippen MR) is 75.5 cm³/mol. The summed E-state index contributed by atoms with van der Waals surface area (Å²) in [5, 5.41) is 7.64. The highest BCUT2D eigenvalue weighted by atomic mass is 16.5.